The molecule has 1 aromatic carbocycles. The zero-order valence-electron chi connectivity index (χ0n) is 10.6. The Balaban J connectivity index is 1.95. The number of aromatic nitrogens is 1. The molecule has 0 bridgehead atoms. The van der Waals surface area contributed by atoms with Crippen molar-refractivity contribution in [1.82, 2.24) is 10.3 Å². The fourth-order valence-electron chi connectivity index (χ4n) is 2.76. The molecule has 0 amide bonds. The highest BCUT2D eigenvalue weighted by atomic mass is 16.3. The molecule has 4 rings (SSSR count). The van der Waals surface area contributed by atoms with Crippen LogP contribution in [0.4, 0.5) is 5.69 Å². The van der Waals surface area contributed by atoms with Gasteiger partial charge in [0.1, 0.15) is 5.58 Å². The molecule has 4 nitrogen and oxygen atoms in total. The van der Waals surface area contributed by atoms with E-state index >= 15 is 0 Å². The zero-order valence-corrected chi connectivity index (χ0v) is 10.6. The first-order valence-corrected chi connectivity index (χ1v) is 6.64. The van der Waals surface area contributed by atoms with Crippen molar-refractivity contribution in [3.63, 3.8) is 0 Å². The zero-order chi connectivity index (χ0) is 12.7. The van der Waals surface area contributed by atoms with Gasteiger partial charge in [-0.2, -0.15) is 0 Å². The summed E-state index contributed by atoms with van der Waals surface area (Å²) in [6.07, 6.45) is 3.81. The molecule has 1 fully saturated rings. The summed E-state index contributed by atoms with van der Waals surface area (Å²) in [5.74, 6) is 0. The lowest BCUT2D eigenvalue weighted by Gasteiger charge is -2.28. The third kappa shape index (κ3) is 1.68. The molecule has 1 aliphatic heterocycles. The molecule has 1 saturated heterocycles. The number of furan rings is 1. The number of benzene rings is 1. The Morgan fingerprint density at radius 3 is 2.79 bits per heavy atom. The van der Waals surface area contributed by atoms with Crippen LogP contribution >= 0.6 is 0 Å². The van der Waals surface area contributed by atoms with Crippen LogP contribution in [0.1, 0.15) is 0 Å². The molecule has 0 aliphatic carbocycles. The van der Waals surface area contributed by atoms with Gasteiger partial charge in [0.25, 0.3) is 0 Å². The predicted octanol–water partition coefficient (Wildman–Crippen LogP) is 2.39. The summed E-state index contributed by atoms with van der Waals surface area (Å²) < 4.78 is 6.03. The Morgan fingerprint density at radius 1 is 1.05 bits per heavy atom. The number of fused-ring (bicyclic) bond motifs is 3. The average molecular weight is 253 g/mol. The summed E-state index contributed by atoms with van der Waals surface area (Å²) in [7, 11) is 0. The van der Waals surface area contributed by atoms with Gasteiger partial charge in [-0.15, -0.1) is 0 Å². The second-order valence-electron chi connectivity index (χ2n) is 4.87. The summed E-state index contributed by atoms with van der Waals surface area (Å²) in [6.45, 7) is 4.02. The molecule has 1 aliphatic rings. The molecule has 0 unspecified atom stereocenters. The molecule has 3 heterocycles. The number of nitrogens with one attached hydrogen (secondary N) is 1. The van der Waals surface area contributed by atoms with Gasteiger partial charge in [-0.05, 0) is 6.07 Å². The molecule has 4 heteroatoms. The van der Waals surface area contributed by atoms with Crippen LogP contribution in [-0.4, -0.2) is 31.2 Å². The summed E-state index contributed by atoms with van der Waals surface area (Å²) in [5, 5.41) is 5.61. The van der Waals surface area contributed by atoms with Crippen LogP contribution < -0.4 is 10.2 Å². The molecule has 3 aromatic rings. The monoisotopic (exact) mass is 253 g/mol. The molecular weight excluding hydrogens is 238 g/mol. The molecule has 0 saturated carbocycles. The van der Waals surface area contributed by atoms with Crippen molar-refractivity contribution in [2.75, 3.05) is 31.1 Å². The summed E-state index contributed by atoms with van der Waals surface area (Å²) in [4.78, 5) is 6.73. The first-order valence-electron chi connectivity index (χ1n) is 6.64. The van der Waals surface area contributed by atoms with E-state index in [1.165, 1.54) is 0 Å². The summed E-state index contributed by atoms with van der Waals surface area (Å²) in [6, 6.07) is 8.14. The number of hydrogen-bond donors (Lipinski definition) is 1. The van der Waals surface area contributed by atoms with Gasteiger partial charge in [0.15, 0.2) is 5.58 Å². The predicted molar refractivity (Wildman–Crippen MR) is 76.6 cm³/mol. The lowest BCUT2D eigenvalue weighted by molar-refractivity contribution is 0.584. The van der Waals surface area contributed by atoms with E-state index in [1.54, 1.807) is 0 Å². The standard InChI is InChI=1S/C15H15N3O/c1-2-4-14-11(3-1)12-9-17-10-13(15(12)19-14)18-7-5-16-6-8-18/h1-4,9-10,16H,5-8H2. The topological polar surface area (TPSA) is 41.3 Å². The minimum absolute atomic E-state index is 0.932. The summed E-state index contributed by atoms with van der Waals surface area (Å²) in [5.41, 5.74) is 3.00. The Labute approximate surface area is 111 Å². The molecule has 0 radical (unpaired) electrons. The molecule has 19 heavy (non-hydrogen) atoms. The largest absolute Gasteiger partial charge is 0.454 e. The SMILES string of the molecule is c1ccc2c(c1)oc1c(N3CCNCC3)cncc12. The van der Waals surface area contributed by atoms with Gasteiger partial charge in [0.05, 0.1) is 11.9 Å². The first-order chi connectivity index (χ1) is 9.43. The van der Waals surface area contributed by atoms with Crippen LogP contribution in [0.2, 0.25) is 0 Å². The van der Waals surface area contributed by atoms with Crippen LogP contribution in [0.5, 0.6) is 0 Å². The van der Waals surface area contributed by atoms with Crippen molar-refractivity contribution in [3.05, 3.63) is 36.7 Å². The fraction of sp³-hybridized carbons (Fsp3) is 0.267. The highest BCUT2D eigenvalue weighted by molar-refractivity contribution is 6.08. The van der Waals surface area contributed by atoms with E-state index in [2.05, 4.69) is 21.3 Å². The van der Waals surface area contributed by atoms with Crippen molar-refractivity contribution < 1.29 is 4.42 Å². The third-order valence-corrected chi connectivity index (χ3v) is 3.72. The van der Waals surface area contributed by atoms with Crippen LogP contribution in [-0.2, 0) is 0 Å². The van der Waals surface area contributed by atoms with Crippen molar-refractivity contribution in [1.29, 1.82) is 0 Å². The Kier molecular flexibility index (Phi) is 2.42. The van der Waals surface area contributed by atoms with Crippen LogP contribution in [0, 0.1) is 0 Å². The minimum Gasteiger partial charge on any atom is -0.454 e. The number of nitrogens with zero attached hydrogens (tertiary/aromatic N) is 2. The van der Waals surface area contributed by atoms with Gasteiger partial charge in [0, 0.05) is 43.1 Å². The second-order valence-corrected chi connectivity index (χ2v) is 4.87. The number of rotatable bonds is 1. The average Bonchev–Trinajstić information content (AvgIpc) is 2.87. The number of piperazine rings is 1. The maximum atomic E-state index is 6.03. The smallest absolute Gasteiger partial charge is 0.161 e. The van der Waals surface area contributed by atoms with Crippen LogP contribution in [0.15, 0.2) is 41.1 Å². The fourth-order valence-corrected chi connectivity index (χ4v) is 2.76. The Morgan fingerprint density at radius 2 is 1.89 bits per heavy atom. The van der Waals surface area contributed by atoms with E-state index in [9.17, 15) is 0 Å². The van der Waals surface area contributed by atoms with Gasteiger partial charge >= 0.3 is 0 Å². The number of anilines is 1. The lowest BCUT2D eigenvalue weighted by Crippen LogP contribution is -2.43. The molecule has 1 N–H and O–H groups in total. The molecular formula is C15H15N3O. The maximum Gasteiger partial charge on any atom is 0.161 e. The van der Waals surface area contributed by atoms with Gasteiger partial charge in [-0.3, -0.25) is 4.98 Å². The van der Waals surface area contributed by atoms with E-state index in [0.717, 1.165) is 53.8 Å². The minimum atomic E-state index is 0.932. The van der Waals surface area contributed by atoms with Crippen molar-refractivity contribution in [2.24, 2.45) is 0 Å². The Bertz CT molecular complexity index is 728. The van der Waals surface area contributed by atoms with Crippen molar-refractivity contribution >= 4 is 27.6 Å². The van der Waals surface area contributed by atoms with E-state index in [4.69, 9.17) is 4.42 Å². The first kappa shape index (κ1) is 10.8. The van der Waals surface area contributed by atoms with E-state index < -0.39 is 0 Å². The van der Waals surface area contributed by atoms with Crippen LogP contribution in [0.25, 0.3) is 21.9 Å². The maximum absolute atomic E-state index is 6.03. The van der Waals surface area contributed by atoms with Gasteiger partial charge in [-0.25, -0.2) is 0 Å². The summed E-state index contributed by atoms with van der Waals surface area (Å²) >= 11 is 0. The van der Waals surface area contributed by atoms with E-state index in [-0.39, 0.29) is 0 Å². The third-order valence-electron chi connectivity index (χ3n) is 3.72. The number of hydrogen-bond acceptors (Lipinski definition) is 4. The van der Waals surface area contributed by atoms with Crippen molar-refractivity contribution in [2.45, 2.75) is 0 Å². The van der Waals surface area contributed by atoms with Gasteiger partial charge in [0.2, 0.25) is 0 Å². The molecule has 0 atom stereocenters. The highest BCUT2D eigenvalue weighted by Crippen LogP contribution is 2.34. The van der Waals surface area contributed by atoms with E-state index in [0.29, 0.717) is 0 Å². The van der Waals surface area contributed by atoms with Crippen molar-refractivity contribution in [3.8, 4) is 0 Å². The lowest BCUT2D eigenvalue weighted by atomic mass is 10.2. The van der Waals surface area contributed by atoms with Crippen LogP contribution in [0.3, 0.4) is 0 Å². The van der Waals surface area contributed by atoms with E-state index in [1.807, 2.05) is 30.6 Å². The normalized spacial score (nSPS) is 16.3. The Hall–Kier alpha value is -2.07. The molecule has 0 spiro atoms. The number of para-hydroxylation sites is 1. The highest BCUT2D eigenvalue weighted by Gasteiger charge is 2.17. The molecule has 96 valence electrons. The van der Waals surface area contributed by atoms with Gasteiger partial charge < -0.3 is 14.6 Å². The quantitative estimate of drug-likeness (QED) is 0.723. The van der Waals surface area contributed by atoms with Gasteiger partial charge in [-0.1, -0.05) is 18.2 Å². The second kappa shape index (κ2) is 4.24. The number of pyridine rings is 1. The molecule has 2 aromatic heterocycles.